The van der Waals surface area contributed by atoms with Gasteiger partial charge in [-0.15, -0.1) is 0 Å². The Balaban J connectivity index is 2.26. The molecule has 0 spiro atoms. The molecule has 0 aromatic heterocycles. The van der Waals surface area contributed by atoms with E-state index in [1.54, 1.807) is 55.7 Å². The normalized spacial score (nSPS) is 11.2. The molecule has 2 aromatic rings. The maximum atomic E-state index is 12.5. The number of benzene rings is 2. The van der Waals surface area contributed by atoms with Crippen molar-refractivity contribution in [3.05, 3.63) is 69.8 Å². The van der Waals surface area contributed by atoms with Gasteiger partial charge in [-0.25, -0.2) is 4.79 Å². The second kappa shape index (κ2) is 9.92. The lowest BCUT2D eigenvalue weighted by Gasteiger charge is -2.12. The highest BCUT2D eigenvalue weighted by Crippen LogP contribution is 2.15. The zero-order valence-corrected chi connectivity index (χ0v) is 17.1. The van der Waals surface area contributed by atoms with Crippen LogP contribution in [0.5, 0.6) is 5.75 Å². The summed E-state index contributed by atoms with van der Waals surface area (Å²) in [6.45, 7) is 4.16. The number of halogens is 1. The van der Waals surface area contributed by atoms with Crippen LogP contribution in [0, 0.1) is 5.92 Å². The van der Waals surface area contributed by atoms with E-state index in [-0.39, 0.29) is 18.2 Å². The topological polar surface area (TPSA) is 64.6 Å². The predicted molar refractivity (Wildman–Crippen MR) is 108 cm³/mol. The summed E-state index contributed by atoms with van der Waals surface area (Å²) in [5.74, 6) is -0.0772. The molecule has 0 unspecified atom stereocenters. The summed E-state index contributed by atoms with van der Waals surface area (Å²) >= 11 is 3.34. The Morgan fingerprint density at radius 2 is 1.85 bits per heavy atom. The number of carbonyl (C=O) groups is 2. The minimum atomic E-state index is -0.581. The van der Waals surface area contributed by atoms with Gasteiger partial charge in [0.1, 0.15) is 11.4 Å². The van der Waals surface area contributed by atoms with E-state index in [1.807, 2.05) is 19.9 Å². The molecule has 0 heterocycles. The summed E-state index contributed by atoms with van der Waals surface area (Å²) in [4.78, 5) is 25.0. The van der Waals surface area contributed by atoms with Gasteiger partial charge in [-0.2, -0.15) is 0 Å². The van der Waals surface area contributed by atoms with Crippen molar-refractivity contribution in [3.8, 4) is 5.75 Å². The third kappa shape index (κ3) is 6.57. The maximum Gasteiger partial charge on any atom is 0.354 e. The molecule has 1 N–H and O–H groups in total. The first-order chi connectivity index (χ1) is 12.9. The lowest BCUT2D eigenvalue weighted by molar-refractivity contribution is -0.140. The summed E-state index contributed by atoms with van der Waals surface area (Å²) in [7, 11) is 1.58. The van der Waals surface area contributed by atoms with Gasteiger partial charge >= 0.3 is 5.97 Å². The van der Waals surface area contributed by atoms with Crippen LogP contribution in [-0.4, -0.2) is 25.6 Å². The third-order valence-corrected chi connectivity index (χ3v) is 4.02. The largest absolute Gasteiger partial charge is 0.497 e. The molecule has 5 nitrogen and oxygen atoms in total. The highest BCUT2D eigenvalue weighted by molar-refractivity contribution is 9.10. The van der Waals surface area contributed by atoms with Crippen LogP contribution in [0.2, 0.25) is 0 Å². The second-order valence-corrected chi connectivity index (χ2v) is 7.20. The molecule has 0 fully saturated rings. The molecule has 0 atom stereocenters. The van der Waals surface area contributed by atoms with E-state index in [0.717, 1.165) is 10.0 Å². The van der Waals surface area contributed by atoms with E-state index in [4.69, 9.17) is 9.47 Å². The average molecular weight is 432 g/mol. The quantitative estimate of drug-likeness (QED) is 0.520. The van der Waals surface area contributed by atoms with Crippen LogP contribution in [0.4, 0.5) is 0 Å². The Kier molecular flexibility index (Phi) is 7.61. The van der Waals surface area contributed by atoms with Crippen molar-refractivity contribution in [2.75, 3.05) is 13.7 Å². The van der Waals surface area contributed by atoms with Gasteiger partial charge in [0.25, 0.3) is 5.91 Å². The first-order valence-corrected chi connectivity index (χ1v) is 9.28. The number of hydrogen-bond donors (Lipinski definition) is 1. The standard InChI is InChI=1S/C21H22BrNO4/c1-14(2)13-27-21(25)19(11-15-7-9-18(26-3)10-8-15)23-20(24)16-5-4-6-17(22)12-16/h4-12,14H,13H2,1-3H3,(H,23,24)/b19-11+. The number of hydrogen-bond acceptors (Lipinski definition) is 4. The van der Waals surface area contributed by atoms with Gasteiger partial charge < -0.3 is 14.8 Å². The molecule has 2 aromatic carbocycles. The van der Waals surface area contributed by atoms with E-state index in [2.05, 4.69) is 21.2 Å². The molecule has 0 radical (unpaired) electrons. The molecule has 1 amide bonds. The molecule has 27 heavy (non-hydrogen) atoms. The van der Waals surface area contributed by atoms with Gasteiger partial charge in [-0.3, -0.25) is 4.79 Å². The molecule has 0 aliphatic carbocycles. The van der Waals surface area contributed by atoms with Crippen LogP contribution in [0.3, 0.4) is 0 Å². The molecule has 0 aliphatic heterocycles. The molecule has 0 saturated heterocycles. The molecule has 2 rings (SSSR count). The number of methoxy groups -OCH3 is 1. The molecule has 0 bridgehead atoms. The van der Waals surface area contributed by atoms with E-state index in [1.165, 1.54) is 0 Å². The van der Waals surface area contributed by atoms with Crippen LogP contribution in [0.25, 0.3) is 6.08 Å². The summed E-state index contributed by atoms with van der Waals surface area (Å²) in [5, 5.41) is 2.66. The van der Waals surface area contributed by atoms with E-state index >= 15 is 0 Å². The Bertz CT molecular complexity index is 828. The van der Waals surface area contributed by atoms with Crippen molar-refractivity contribution in [3.63, 3.8) is 0 Å². The number of rotatable bonds is 7. The van der Waals surface area contributed by atoms with Crippen molar-refractivity contribution < 1.29 is 19.1 Å². The van der Waals surface area contributed by atoms with Crippen molar-refractivity contribution in [2.45, 2.75) is 13.8 Å². The fourth-order valence-electron chi connectivity index (χ4n) is 2.16. The van der Waals surface area contributed by atoms with Crippen LogP contribution >= 0.6 is 15.9 Å². The monoisotopic (exact) mass is 431 g/mol. The predicted octanol–water partition coefficient (Wildman–Crippen LogP) is 4.43. The SMILES string of the molecule is COc1ccc(/C=C(/NC(=O)c2cccc(Br)c2)C(=O)OCC(C)C)cc1. The molecule has 142 valence electrons. The van der Waals surface area contributed by atoms with Crippen LogP contribution in [0.1, 0.15) is 29.8 Å². The first-order valence-electron chi connectivity index (χ1n) is 8.49. The van der Waals surface area contributed by atoms with E-state index < -0.39 is 11.9 Å². The highest BCUT2D eigenvalue weighted by atomic mass is 79.9. The summed E-state index contributed by atoms with van der Waals surface area (Å²) < 4.78 is 11.2. The Labute approximate surface area is 167 Å². The third-order valence-electron chi connectivity index (χ3n) is 3.53. The molecular weight excluding hydrogens is 410 g/mol. The summed E-state index contributed by atoms with van der Waals surface area (Å²) in [6, 6.07) is 14.1. The average Bonchev–Trinajstić information content (AvgIpc) is 2.66. The van der Waals surface area contributed by atoms with Gasteiger partial charge in [0.05, 0.1) is 13.7 Å². The number of carbonyl (C=O) groups excluding carboxylic acids is 2. The van der Waals surface area contributed by atoms with Crippen molar-refractivity contribution in [2.24, 2.45) is 5.92 Å². The molecule has 6 heteroatoms. The fraction of sp³-hybridized carbons (Fsp3) is 0.238. The van der Waals surface area contributed by atoms with Crippen LogP contribution < -0.4 is 10.1 Å². The second-order valence-electron chi connectivity index (χ2n) is 6.29. The van der Waals surface area contributed by atoms with Gasteiger partial charge in [0.2, 0.25) is 0 Å². The lowest BCUT2D eigenvalue weighted by atomic mass is 10.1. The minimum absolute atomic E-state index is 0.0748. The Morgan fingerprint density at radius 1 is 1.15 bits per heavy atom. The van der Waals surface area contributed by atoms with Crippen molar-refractivity contribution >= 4 is 33.9 Å². The van der Waals surface area contributed by atoms with Gasteiger partial charge in [-0.1, -0.05) is 48.0 Å². The minimum Gasteiger partial charge on any atom is -0.497 e. The first kappa shape index (κ1) is 20.7. The van der Waals surface area contributed by atoms with Gasteiger partial charge in [0, 0.05) is 10.0 Å². The molecule has 0 saturated carbocycles. The van der Waals surface area contributed by atoms with Crippen LogP contribution in [-0.2, 0) is 9.53 Å². The zero-order chi connectivity index (χ0) is 19.8. The molecular formula is C21H22BrNO4. The van der Waals surface area contributed by atoms with E-state index in [0.29, 0.717) is 11.3 Å². The van der Waals surface area contributed by atoms with E-state index in [9.17, 15) is 9.59 Å². The lowest BCUT2D eigenvalue weighted by Crippen LogP contribution is -2.29. The van der Waals surface area contributed by atoms with Crippen LogP contribution in [0.15, 0.2) is 58.7 Å². The number of esters is 1. The maximum absolute atomic E-state index is 12.5. The van der Waals surface area contributed by atoms with Gasteiger partial charge in [0.15, 0.2) is 0 Å². The highest BCUT2D eigenvalue weighted by Gasteiger charge is 2.16. The van der Waals surface area contributed by atoms with Gasteiger partial charge in [-0.05, 0) is 47.9 Å². The fourth-order valence-corrected chi connectivity index (χ4v) is 2.56. The Morgan fingerprint density at radius 3 is 2.44 bits per heavy atom. The number of ether oxygens (including phenoxy) is 2. The smallest absolute Gasteiger partial charge is 0.354 e. The summed E-state index contributed by atoms with van der Waals surface area (Å²) in [5.41, 5.74) is 1.24. The number of amides is 1. The Hall–Kier alpha value is -2.60. The molecule has 0 aliphatic rings. The summed E-state index contributed by atoms with van der Waals surface area (Å²) in [6.07, 6.45) is 1.58. The van der Waals surface area contributed by atoms with Crippen molar-refractivity contribution in [1.29, 1.82) is 0 Å². The van der Waals surface area contributed by atoms with Crippen molar-refractivity contribution in [1.82, 2.24) is 5.32 Å². The number of nitrogens with one attached hydrogen (secondary N) is 1. The zero-order valence-electron chi connectivity index (χ0n) is 15.5.